The van der Waals surface area contributed by atoms with E-state index in [0.29, 0.717) is 11.9 Å². The van der Waals surface area contributed by atoms with Crippen LogP contribution in [0.5, 0.6) is 5.75 Å². The minimum atomic E-state index is 0.503. The summed E-state index contributed by atoms with van der Waals surface area (Å²) in [5.74, 6) is 0.820. The second-order valence-electron chi connectivity index (χ2n) is 3.70. The van der Waals surface area contributed by atoms with Crippen molar-refractivity contribution in [3.63, 3.8) is 0 Å². The number of thiazole rings is 1. The maximum atomic E-state index is 5.74. The standard InChI is InChI=1S/C12H13BrN2OS/c1-8-3-4-11(10(5-13)14-8)16-6-12-15-9(2)7-17-12/h3-4,7H,5-6H2,1-2H3. The minimum Gasteiger partial charge on any atom is -0.484 e. The smallest absolute Gasteiger partial charge is 0.142 e. The number of pyridine rings is 1. The zero-order chi connectivity index (χ0) is 12.3. The SMILES string of the molecule is Cc1csc(COc2ccc(C)nc2CBr)n1. The van der Waals surface area contributed by atoms with Crippen LogP contribution in [0.15, 0.2) is 17.5 Å². The van der Waals surface area contributed by atoms with Gasteiger partial charge in [-0.2, -0.15) is 0 Å². The molecule has 0 amide bonds. The molecule has 3 nitrogen and oxygen atoms in total. The van der Waals surface area contributed by atoms with E-state index in [1.807, 2.05) is 31.4 Å². The average Bonchev–Trinajstić information content (AvgIpc) is 2.73. The van der Waals surface area contributed by atoms with Crippen molar-refractivity contribution in [3.05, 3.63) is 39.6 Å². The summed E-state index contributed by atoms with van der Waals surface area (Å²) in [6.07, 6.45) is 0. The van der Waals surface area contributed by atoms with Crippen molar-refractivity contribution in [3.8, 4) is 5.75 Å². The Bertz CT molecular complexity index is 513. The maximum Gasteiger partial charge on any atom is 0.142 e. The highest BCUT2D eigenvalue weighted by Crippen LogP contribution is 2.21. The molecule has 0 fully saturated rings. The summed E-state index contributed by atoms with van der Waals surface area (Å²) in [6.45, 7) is 4.46. The number of ether oxygens (including phenoxy) is 1. The second kappa shape index (κ2) is 5.60. The fraction of sp³-hybridized carbons (Fsp3) is 0.333. The van der Waals surface area contributed by atoms with Crippen LogP contribution in [-0.4, -0.2) is 9.97 Å². The summed E-state index contributed by atoms with van der Waals surface area (Å²) in [4.78, 5) is 8.78. The molecular weight excluding hydrogens is 300 g/mol. The third kappa shape index (κ3) is 3.26. The van der Waals surface area contributed by atoms with Gasteiger partial charge in [-0.25, -0.2) is 4.98 Å². The lowest BCUT2D eigenvalue weighted by molar-refractivity contribution is 0.301. The van der Waals surface area contributed by atoms with Crippen molar-refractivity contribution in [1.29, 1.82) is 0 Å². The Morgan fingerprint density at radius 1 is 1.24 bits per heavy atom. The van der Waals surface area contributed by atoms with Crippen LogP contribution in [0.4, 0.5) is 0 Å². The number of rotatable bonds is 4. The number of nitrogens with zero attached hydrogens (tertiary/aromatic N) is 2. The Labute approximate surface area is 113 Å². The van der Waals surface area contributed by atoms with Gasteiger partial charge in [0.25, 0.3) is 0 Å². The van der Waals surface area contributed by atoms with Gasteiger partial charge in [0, 0.05) is 22.1 Å². The van der Waals surface area contributed by atoms with E-state index in [1.54, 1.807) is 11.3 Å². The van der Waals surface area contributed by atoms with Gasteiger partial charge in [-0.15, -0.1) is 11.3 Å². The molecule has 0 aliphatic rings. The fourth-order valence-electron chi connectivity index (χ4n) is 1.43. The summed E-state index contributed by atoms with van der Waals surface area (Å²) in [7, 11) is 0. The zero-order valence-electron chi connectivity index (χ0n) is 9.74. The molecular formula is C12H13BrN2OS. The fourth-order valence-corrected chi connectivity index (χ4v) is 2.52. The molecule has 2 rings (SSSR count). The Balaban J connectivity index is 2.08. The molecule has 0 aliphatic heterocycles. The Morgan fingerprint density at radius 2 is 2.06 bits per heavy atom. The van der Waals surface area contributed by atoms with Crippen LogP contribution < -0.4 is 4.74 Å². The highest BCUT2D eigenvalue weighted by atomic mass is 79.9. The van der Waals surface area contributed by atoms with Crippen LogP contribution in [0.3, 0.4) is 0 Å². The molecule has 0 spiro atoms. The van der Waals surface area contributed by atoms with Gasteiger partial charge in [0.15, 0.2) is 0 Å². The summed E-state index contributed by atoms with van der Waals surface area (Å²) in [5, 5.41) is 3.71. The second-order valence-corrected chi connectivity index (χ2v) is 5.21. The first kappa shape index (κ1) is 12.5. The first-order chi connectivity index (χ1) is 8.19. The predicted molar refractivity (Wildman–Crippen MR) is 72.8 cm³/mol. The van der Waals surface area contributed by atoms with Crippen molar-refractivity contribution >= 4 is 27.3 Å². The predicted octanol–water partition coefficient (Wildman–Crippen LogP) is 3.63. The van der Waals surface area contributed by atoms with Crippen LogP contribution in [0, 0.1) is 13.8 Å². The topological polar surface area (TPSA) is 35.0 Å². The number of alkyl halides is 1. The number of hydrogen-bond donors (Lipinski definition) is 0. The summed E-state index contributed by atoms with van der Waals surface area (Å²) < 4.78 is 5.74. The van der Waals surface area contributed by atoms with E-state index in [4.69, 9.17) is 4.74 Å². The molecule has 0 atom stereocenters. The molecule has 5 heteroatoms. The van der Waals surface area contributed by atoms with Gasteiger partial charge in [0.2, 0.25) is 0 Å². The van der Waals surface area contributed by atoms with Gasteiger partial charge < -0.3 is 4.74 Å². The first-order valence-electron chi connectivity index (χ1n) is 5.25. The molecule has 0 N–H and O–H groups in total. The van der Waals surface area contributed by atoms with Gasteiger partial charge in [0.05, 0.1) is 5.69 Å². The van der Waals surface area contributed by atoms with Gasteiger partial charge in [-0.1, -0.05) is 15.9 Å². The number of aromatic nitrogens is 2. The Morgan fingerprint density at radius 3 is 2.71 bits per heavy atom. The molecule has 0 saturated carbocycles. The monoisotopic (exact) mass is 312 g/mol. The minimum absolute atomic E-state index is 0.503. The van der Waals surface area contributed by atoms with E-state index in [0.717, 1.165) is 27.8 Å². The molecule has 2 aromatic heterocycles. The third-order valence-electron chi connectivity index (χ3n) is 2.22. The molecule has 0 unspecified atom stereocenters. The van der Waals surface area contributed by atoms with Crippen molar-refractivity contribution in [2.24, 2.45) is 0 Å². The highest BCUT2D eigenvalue weighted by Gasteiger charge is 2.06. The number of halogens is 1. The van der Waals surface area contributed by atoms with Crippen LogP contribution in [0.25, 0.3) is 0 Å². The van der Waals surface area contributed by atoms with Crippen LogP contribution in [0.2, 0.25) is 0 Å². The number of aryl methyl sites for hydroxylation is 2. The average molecular weight is 313 g/mol. The van der Waals surface area contributed by atoms with Gasteiger partial charge >= 0.3 is 0 Å². The zero-order valence-corrected chi connectivity index (χ0v) is 12.1. The quantitative estimate of drug-likeness (QED) is 0.809. The molecule has 0 saturated heterocycles. The van der Waals surface area contributed by atoms with E-state index in [2.05, 4.69) is 25.9 Å². The van der Waals surface area contributed by atoms with Crippen LogP contribution in [0.1, 0.15) is 22.1 Å². The van der Waals surface area contributed by atoms with E-state index < -0.39 is 0 Å². The van der Waals surface area contributed by atoms with Crippen LogP contribution in [-0.2, 0) is 11.9 Å². The van der Waals surface area contributed by atoms with Crippen molar-refractivity contribution in [1.82, 2.24) is 9.97 Å². The number of hydrogen-bond acceptors (Lipinski definition) is 4. The third-order valence-corrected chi connectivity index (χ3v) is 3.69. The Hall–Kier alpha value is -0.940. The van der Waals surface area contributed by atoms with E-state index in [-0.39, 0.29) is 0 Å². The van der Waals surface area contributed by atoms with Gasteiger partial charge in [-0.05, 0) is 26.0 Å². The Kier molecular flexibility index (Phi) is 4.12. The summed E-state index contributed by atoms with van der Waals surface area (Å²) in [5.41, 5.74) is 2.96. The lowest BCUT2D eigenvalue weighted by Gasteiger charge is -2.08. The highest BCUT2D eigenvalue weighted by molar-refractivity contribution is 9.08. The van der Waals surface area contributed by atoms with Crippen molar-refractivity contribution < 1.29 is 4.74 Å². The molecule has 0 radical (unpaired) electrons. The van der Waals surface area contributed by atoms with Crippen molar-refractivity contribution in [2.45, 2.75) is 25.8 Å². The lowest BCUT2D eigenvalue weighted by atomic mass is 10.3. The molecule has 90 valence electrons. The van der Waals surface area contributed by atoms with E-state index >= 15 is 0 Å². The largest absolute Gasteiger partial charge is 0.484 e. The molecule has 0 aromatic carbocycles. The van der Waals surface area contributed by atoms with E-state index in [9.17, 15) is 0 Å². The first-order valence-corrected chi connectivity index (χ1v) is 7.25. The molecule has 0 bridgehead atoms. The normalized spacial score (nSPS) is 10.5. The maximum absolute atomic E-state index is 5.74. The van der Waals surface area contributed by atoms with Crippen molar-refractivity contribution in [2.75, 3.05) is 0 Å². The molecule has 2 aromatic rings. The molecule has 2 heterocycles. The molecule has 0 aliphatic carbocycles. The van der Waals surface area contributed by atoms with E-state index in [1.165, 1.54) is 0 Å². The summed E-state index contributed by atoms with van der Waals surface area (Å²) in [6, 6.07) is 3.91. The van der Waals surface area contributed by atoms with Crippen LogP contribution >= 0.6 is 27.3 Å². The molecule has 17 heavy (non-hydrogen) atoms. The summed E-state index contributed by atoms with van der Waals surface area (Å²) >= 11 is 5.03. The van der Waals surface area contributed by atoms with Gasteiger partial charge in [-0.3, -0.25) is 4.98 Å². The van der Waals surface area contributed by atoms with Gasteiger partial charge in [0.1, 0.15) is 17.4 Å². The lowest BCUT2D eigenvalue weighted by Crippen LogP contribution is -2.00.